The Kier molecular flexibility index (Phi) is 4.96. The number of rotatable bonds is 4. The Morgan fingerprint density at radius 1 is 1.27 bits per heavy atom. The highest BCUT2D eigenvalue weighted by Crippen LogP contribution is 2.27. The van der Waals surface area contributed by atoms with E-state index in [1.165, 1.54) is 17.7 Å². The van der Waals surface area contributed by atoms with Crippen molar-refractivity contribution >= 4 is 11.0 Å². The van der Waals surface area contributed by atoms with E-state index < -0.39 is 0 Å². The molecule has 132 valence electrons. The Hall–Kier alpha value is -2.68. The molecular weight excluding hydrogens is 322 g/mol. The number of para-hydroxylation sites is 2. The summed E-state index contributed by atoms with van der Waals surface area (Å²) in [4.78, 5) is 12.4. The second kappa shape index (κ2) is 7.69. The first-order valence-electron chi connectivity index (χ1n) is 9.14. The molecule has 2 atom stereocenters. The number of benzene rings is 1. The van der Waals surface area contributed by atoms with Crippen molar-refractivity contribution < 1.29 is 0 Å². The van der Waals surface area contributed by atoms with E-state index in [1.54, 1.807) is 0 Å². The fourth-order valence-corrected chi connectivity index (χ4v) is 3.53. The van der Waals surface area contributed by atoms with Crippen LogP contribution in [0.2, 0.25) is 0 Å². The van der Waals surface area contributed by atoms with Gasteiger partial charge in [-0.3, -0.25) is 10.3 Å². The minimum Gasteiger partial charge on any atom is -0.342 e. The van der Waals surface area contributed by atoms with Gasteiger partial charge in [0.05, 0.1) is 35.4 Å². The first-order valence-corrected chi connectivity index (χ1v) is 9.14. The molecule has 4 rings (SSSR count). The summed E-state index contributed by atoms with van der Waals surface area (Å²) in [5.41, 5.74) is 10.7. The van der Waals surface area contributed by atoms with E-state index in [0.717, 1.165) is 29.7 Å². The molecular formula is C21H23N5. The summed E-state index contributed by atoms with van der Waals surface area (Å²) < 4.78 is 0. The summed E-state index contributed by atoms with van der Waals surface area (Å²) in [6, 6.07) is 12.2. The molecule has 1 aromatic carbocycles. The highest BCUT2D eigenvalue weighted by Gasteiger charge is 2.20. The number of aromatic nitrogens is 3. The average molecular weight is 345 g/mol. The predicted molar refractivity (Wildman–Crippen MR) is 103 cm³/mol. The molecule has 5 nitrogen and oxygen atoms in total. The molecule has 1 aliphatic rings. The molecule has 2 aromatic heterocycles. The number of hydrogen-bond acceptors (Lipinski definition) is 4. The van der Waals surface area contributed by atoms with Crippen molar-refractivity contribution in [1.82, 2.24) is 20.3 Å². The maximum atomic E-state index is 6.15. The van der Waals surface area contributed by atoms with Crippen molar-refractivity contribution in [3.63, 3.8) is 0 Å². The molecule has 0 spiro atoms. The van der Waals surface area contributed by atoms with Gasteiger partial charge in [0, 0.05) is 12.6 Å². The molecule has 1 aliphatic carbocycles. The first kappa shape index (κ1) is 16.8. The zero-order valence-electron chi connectivity index (χ0n) is 14.7. The van der Waals surface area contributed by atoms with Crippen LogP contribution in [0.1, 0.15) is 36.0 Å². The average Bonchev–Trinajstić information content (AvgIpc) is 3.07. The molecule has 0 saturated carbocycles. The molecule has 0 saturated heterocycles. The number of fused-ring (bicyclic) bond motifs is 2. The number of aryl methyl sites for hydroxylation is 1. The Bertz CT molecular complexity index is 916. The number of nitrogens with zero attached hydrogens (tertiary/aromatic N) is 2. The van der Waals surface area contributed by atoms with Gasteiger partial charge in [0.15, 0.2) is 0 Å². The normalized spacial score (nSPS) is 17.3. The van der Waals surface area contributed by atoms with E-state index in [4.69, 9.17) is 5.73 Å². The fourth-order valence-electron chi connectivity index (χ4n) is 3.53. The van der Waals surface area contributed by atoms with Crippen LogP contribution in [0.25, 0.3) is 11.0 Å². The van der Waals surface area contributed by atoms with E-state index in [-0.39, 0.29) is 6.04 Å². The molecule has 5 heteroatoms. The molecule has 0 bridgehead atoms. The van der Waals surface area contributed by atoms with Crippen LogP contribution in [0.15, 0.2) is 42.6 Å². The van der Waals surface area contributed by atoms with Crippen molar-refractivity contribution in [3.8, 4) is 11.8 Å². The third kappa shape index (κ3) is 3.77. The number of aromatic amines is 1. The minimum absolute atomic E-state index is 0.228. The highest BCUT2D eigenvalue weighted by molar-refractivity contribution is 5.74. The summed E-state index contributed by atoms with van der Waals surface area (Å²) in [7, 11) is 0. The van der Waals surface area contributed by atoms with Crippen LogP contribution in [0.5, 0.6) is 0 Å². The van der Waals surface area contributed by atoms with Crippen molar-refractivity contribution in [1.29, 1.82) is 0 Å². The van der Waals surface area contributed by atoms with Gasteiger partial charge in [0.1, 0.15) is 5.82 Å². The maximum absolute atomic E-state index is 6.15. The standard InChI is InChI=1S/C21H23N5/c22-16(14-20-25-17-9-1-2-10-18(17)26-20)8-5-12-23-19-11-3-6-15-7-4-13-24-21(15)19/h1-2,4,7,9-10,13,16,19,23H,3,6,11-12,14,22H2,(H,25,26). The second-order valence-corrected chi connectivity index (χ2v) is 6.71. The summed E-state index contributed by atoms with van der Waals surface area (Å²) in [6.07, 6.45) is 5.91. The van der Waals surface area contributed by atoms with Gasteiger partial charge in [0.25, 0.3) is 0 Å². The molecule has 26 heavy (non-hydrogen) atoms. The lowest BCUT2D eigenvalue weighted by molar-refractivity contribution is 0.470. The molecule has 0 amide bonds. The third-order valence-corrected chi connectivity index (χ3v) is 4.77. The van der Waals surface area contributed by atoms with E-state index in [9.17, 15) is 0 Å². The van der Waals surface area contributed by atoms with Gasteiger partial charge >= 0.3 is 0 Å². The van der Waals surface area contributed by atoms with Gasteiger partial charge in [0.2, 0.25) is 0 Å². The van der Waals surface area contributed by atoms with Crippen molar-refractivity contribution in [2.45, 2.75) is 37.8 Å². The maximum Gasteiger partial charge on any atom is 0.109 e. The van der Waals surface area contributed by atoms with E-state index >= 15 is 0 Å². The Balaban J connectivity index is 1.32. The van der Waals surface area contributed by atoms with Crippen molar-refractivity contribution in [2.75, 3.05) is 6.54 Å². The molecule has 3 aromatic rings. The summed E-state index contributed by atoms with van der Waals surface area (Å²) in [5, 5.41) is 3.50. The number of hydrogen-bond donors (Lipinski definition) is 3. The summed E-state index contributed by atoms with van der Waals surface area (Å²) in [5.74, 6) is 7.17. The highest BCUT2D eigenvalue weighted by atomic mass is 14.9. The topological polar surface area (TPSA) is 79.6 Å². The number of imidazole rings is 1. The van der Waals surface area contributed by atoms with Gasteiger partial charge in [-0.25, -0.2) is 4.98 Å². The molecule has 0 aliphatic heterocycles. The van der Waals surface area contributed by atoms with Gasteiger partial charge in [-0.2, -0.15) is 0 Å². The molecule has 2 heterocycles. The lowest BCUT2D eigenvalue weighted by atomic mass is 9.92. The lowest BCUT2D eigenvalue weighted by Crippen LogP contribution is -2.27. The molecule has 0 radical (unpaired) electrons. The molecule has 4 N–H and O–H groups in total. The van der Waals surface area contributed by atoms with Gasteiger partial charge < -0.3 is 10.7 Å². The zero-order chi connectivity index (χ0) is 17.8. The van der Waals surface area contributed by atoms with E-state index in [2.05, 4.69) is 38.2 Å². The minimum atomic E-state index is -0.228. The lowest BCUT2D eigenvalue weighted by Gasteiger charge is -2.24. The zero-order valence-corrected chi connectivity index (χ0v) is 14.7. The second-order valence-electron chi connectivity index (χ2n) is 6.71. The molecule has 0 fully saturated rings. The largest absolute Gasteiger partial charge is 0.342 e. The number of nitrogens with one attached hydrogen (secondary N) is 2. The summed E-state index contributed by atoms with van der Waals surface area (Å²) >= 11 is 0. The number of pyridine rings is 1. The number of H-pyrrole nitrogens is 1. The number of nitrogens with two attached hydrogens (primary N) is 1. The molecule has 2 unspecified atom stereocenters. The SMILES string of the molecule is NC(C#CCNC1CCCc2cccnc21)Cc1nc2ccccc2[nH]1. The van der Waals surface area contributed by atoms with Gasteiger partial charge in [-0.1, -0.05) is 30.0 Å². The third-order valence-electron chi connectivity index (χ3n) is 4.77. The first-order chi connectivity index (χ1) is 12.8. The van der Waals surface area contributed by atoms with E-state index in [0.29, 0.717) is 19.0 Å². The van der Waals surface area contributed by atoms with Crippen molar-refractivity contribution in [2.24, 2.45) is 5.73 Å². The smallest absolute Gasteiger partial charge is 0.109 e. The van der Waals surface area contributed by atoms with Crippen molar-refractivity contribution in [3.05, 3.63) is 59.7 Å². The Morgan fingerprint density at radius 2 is 2.19 bits per heavy atom. The van der Waals surface area contributed by atoms with Crippen LogP contribution in [0.3, 0.4) is 0 Å². The predicted octanol–water partition coefficient (Wildman–Crippen LogP) is 2.50. The fraction of sp³-hybridized carbons (Fsp3) is 0.333. The van der Waals surface area contributed by atoms with E-state index in [1.807, 2.05) is 36.5 Å². The monoisotopic (exact) mass is 345 g/mol. The Labute approximate surface area is 153 Å². The van der Waals surface area contributed by atoms with Gasteiger partial charge in [-0.15, -0.1) is 0 Å². The van der Waals surface area contributed by atoms with Crippen LogP contribution in [0, 0.1) is 11.8 Å². The van der Waals surface area contributed by atoms with Crippen LogP contribution in [0.4, 0.5) is 0 Å². The quantitative estimate of drug-likeness (QED) is 0.635. The Morgan fingerprint density at radius 3 is 3.12 bits per heavy atom. The van der Waals surface area contributed by atoms with Crippen LogP contribution in [-0.2, 0) is 12.8 Å². The van der Waals surface area contributed by atoms with Crippen LogP contribution < -0.4 is 11.1 Å². The summed E-state index contributed by atoms with van der Waals surface area (Å²) in [6.45, 7) is 0.620. The van der Waals surface area contributed by atoms with Crippen LogP contribution in [-0.4, -0.2) is 27.5 Å². The van der Waals surface area contributed by atoms with Crippen LogP contribution >= 0.6 is 0 Å². The van der Waals surface area contributed by atoms with Gasteiger partial charge in [-0.05, 0) is 43.0 Å².